The van der Waals surface area contributed by atoms with Crippen molar-refractivity contribution in [3.05, 3.63) is 30.3 Å². The number of carboxylic acid groups (broad SMARTS) is 1. The SMILES string of the molecule is CCC(CC)(CC(=O)O)NC(=O)CN(C)S(=O)(=O)c1ccccc1. The lowest BCUT2D eigenvalue weighted by Gasteiger charge is -2.32. The van der Waals surface area contributed by atoms with Gasteiger partial charge in [0.05, 0.1) is 17.9 Å². The van der Waals surface area contributed by atoms with Gasteiger partial charge >= 0.3 is 5.97 Å². The maximum atomic E-state index is 12.4. The standard InChI is InChI=1S/C16H24N2O5S/c1-4-16(5-2,11-15(20)21)17-14(19)12-18(3)24(22,23)13-9-7-6-8-10-13/h6-10H,4-5,11-12H2,1-3H3,(H,17,19)(H,20,21). The van der Waals surface area contributed by atoms with Crippen LogP contribution in [0.25, 0.3) is 0 Å². The van der Waals surface area contributed by atoms with E-state index in [0.717, 1.165) is 4.31 Å². The molecular formula is C16H24N2O5S. The van der Waals surface area contributed by atoms with E-state index in [4.69, 9.17) is 5.11 Å². The summed E-state index contributed by atoms with van der Waals surface area (Å²) in [6, 6.07) is 7.82. The van der Waals surface area contributed by atoms with Crippen molar-refractivity contribution in [3.63, 3.8) is 0 Å². The van der Waals surface area contributed by atoms with Crippen molar-refractivity contribution >= 4 is 21.9 Å². The highest BCUT2D eigenvalue weighted by Crippen LogP contribution is 2.20. The van der Waals surface area contributed by atoms with Gasteiger partial charge in [0.25, 0.3) is 0 Å². The van der Waals surface area contributed by atoms with Gasteiger partial charge < -0.3 is 10.4 Å². The fourth-order valence-corrected chi connectivity index (χ4v) is 3.55. The molecule has 0 bridgehead atoms. The lowest BCUT2D eigenvalue weighted by molar-refractivity contribution is -0.139. The molecule has 1 aromatic carbocycles. The third-order valence-electron chi connectivity index (χ3n) is 4.07. The quantitative estimate of drug-likeness (QED) is 0.697. The first-order valence-corrected chi connectivity index (χ1v) is 9.15. The largest absolute Gasteiger partial charge is 0.481 e. The number of benzene rings is 1. The van der Waals surface area contributed by atoms with Gasteiger partial charge in [-0.3, -0.25) is 9.59 Å². The van der Waals surface area contributed by atoms with Crippen LogP contribution in [-0.4, -0.2) is 48.8 Å². The summed E-state index contributed by atoms with van der Waals surface area (Å²) in [5.41, 5.74) is -0.875. The molecule has 0 aliphatic heterocycles. The molecular weight excluding hydrogens is 332 g/mol. The minimum absolute atomic E-state index is 0.100. The lowest BCUT2D eigenvalue weighted by atomic mass is 9.89. The smallest absolute Gasteiger partial charge is 0.305 e. The number of carboxylic acids is 1. The van der Waals surface area contributed by atoms with Gasteiger partial charge in [-0.15, -0.1) is 0 Å². The van der Waals surface area contributed by atoms with E-state index in [-0.39, 0.29) is 17.9 Å². The predicted molar refractivity (Wildman–Crippen MR) is 90.0 cm³/mol. The summed E-state index contributed by atoms with van der Waals surface area (Å²) in [4.78, 5) is 23.4. The Bertz CT molecular complexity index is 669. The van der Waals surface area contributed by atoms with Crippen LogP contribution in [0.4, 0.5) is 0 Å². The minimum Gasteiger partial charge on any atom is -0.481 e. The van der Waals surface area contributed by atoms with Gasteiger partial charge in [0, 0.05) is 12.6 Å². The topological polar surface area (TPSA) is 104 Å². The van der Waals surface area contributed by atoms with Crippen LogP contribution in [-0.2, 0) is 19.6 Å². The number of nitrogens with zero attached hydrogens (tertiary/aromatic N) is 1. The third-order valence-corrected chi connectivity index (χ3v) is 5.88. The molecule has 0 unspecified atom stereocenters. The zero-order chi connectivity index (χ0) is 18.4. The number of amides is 1. The molecule has 0 spiro atoms. The molecule has 134 valence electrons. The van der Waals surface area contributed by atoms with Crippen LogP contribution < -0.4 is 5.32 Å². The summed E-state index contributed by atoms with van der Waals surface area (Å²) in [6.07, 6.45) is 0.675. The van der Waals surface area contributed by atoms with Gasteiger partial charge in [-0.05, 0) is 25.0 Å². The summed E-state index contributed by atoms with van der Waals surface area (Å²) >= 11 is 0. The molecule has 0 saturated heterocycles. The van der Waals surface area contributed by atoms with Gasteiger partial charge in [-0.1, -0.05) is 32.0 Å². The number of nitrogens with one attached hydrogen (secondary N) is 1. The lowest BCUT2D eigenvalue weighted by Crippen LogP contribution is -2.52. The van der Waals surface area contributed by atoms with Crippen molar-refractivity contribution in [2.75, 3.05) is 13.6 Å². The maximum Gasteiger partial charge on any atom is 0.305 e. The number of carbonyl (C=O) groups excluding carboxylic acids is 1. The van der Waals surface area contributed by atoms with E-state index in [1.807, 2.05) is 0 Å². The number of carbonyl (C=O) groups is 2. The molecule has 1 rings (SSSR count). The fraction of sp³-hybridized carbons (Fsp3) is 0.500. The van der Waals surface area contributed by atoms with Crippen molar-refractivity contribution < 1.29 is 23.1 Å². The van der Waals surface area contributed by atoms with Crippen molar-refractivity contribution in [2.45, 2.75) is 43.5 Å². The first kappa shape index (κ1) is 20.1. The van der Waals surface area contributed by atoms with Crippen LogP contribution in [0.1, 0.15) is 33.1 Å². The van der Waals surface area contributed by atoms with E-state index in [1.54, 1.807) is 32.0 Å². The van der Waals surface area contributed by atoms with Gasteiger partial charge in [0.2, 0.25) is 15.9 Å². The van der Waals surface area contributed by atoms with Crippen molar-refractivity contribution in [3.8, 4) is 0 Å². The van der Waals surface area contributed by atoms with Gasteiger partial charge in [0.1, 0.15) is 0 Å². The van der Waals surface area contributed by atoms with E-state index in [1.165, 1.54) is 19.2 Å². The highest BCUT2D eigenvalue weighted by Gasteiger charge is 2.32. The molecule has 8 heteroatoms. The number of rotatable bonds is 9. The summed E-state index contributed by atoms with van der Waals surface area (Å²) in [5, 5.41) is 11.7. The van der Waals surface area contributed by atoms with Crippen LogP contribution in [0.15, 0.2) is 35.2 Å². The molecule has 2 N–H and O–H groups in total. The van der Waals surface area contributed by atoms with E-state index in [2.05, 4.69) is 5.32 Å². The number of aliphatic carboxylic acids is 1. The molecule has 24 heavy (non-hydrogen) atoms. The molecule has 0 atom stereocenters. The van der Waals surface area contributed by atoms with E-state index >= 15 is 0 Å². The Kier molecular flexibility index (Phi) is 6.92. The molecule has 0 radical (unpaired) electrons. The first-order valence-electron chi connectivity index (χ1n) is 7.71. The molecule has 0 aliphatic carbocycles. The summed E-state index contributed by atoms with van der Waals surface area (Å²) in [6.45, 7) is 3.20. The predicted octanol–water partition coefficient (Wildman–Crippen LogP) is 1.46. The monoisotopic (exact) mass is 356 g/mol. The molecule has 1 amide bonds. The van der Waals surface area contributed by atoms with Crippen molar-refractivity contribution in [2.24, 2.45) is 0 Å². The molecule has 0 saturated carbocycles. The second-order valence-electron chi connectivity index (χ2n) is 5.68. The summed E-state index contributed by atoms with van der Waals surface area (Å²) < 4.78 is 25.8. The van der Waals surface area contributed by atoms with Gasteiger partial charge in [-0.2, -0.15) is 4.31 Å². The van der Waals surface area contributed by atoms with E-state index < -0.39 is 27.4 Å². The normalized spacial score (nSPS) is 12.2. The second-order valence-corrected chi connectivity index (χ2v) is 7.73. The Morgan fingerprint density at radius 3 is 2.17 bits per heavy atom. The molecule has 0 aromatic heterocycles. The van der Waals surface area contributed by atoms with Crippen molar-refractivity contribution in [1.82, 2.24) is 9.62 Å². The van der Waals surface area contributed by atoms with Crippen LogP contribution in [0.3, 0.4) is 0 Å². The van der Waals surface area contributed by atoms with E-state index in [9.17, 15) is 18.0 Å². The highest BCUT2D eigenvalue weighted by molar-refractivity contribution is 7.89. The Balaban J connectivity index is 2.84. The number of hydrogen-bond acceptors (Lipinski definition) is 4. The average Bonchev–Trinajstić information content (AvgIpc) is 2.54. The molecule has 0 fully saturated rings. The summed E-state index contributed by atoms with van der Waals surface area (Å²) in [5.74, 6) is -1.54. The van der Waals surface area contributed by atoms with Crippen LogP contribution >= 0.6 is 0 Å². The molecule has 0 heterocycles. The zero-order valence-corrected chi connectivity index (χ0v) is 15.0. The Hall–Kier alpha value is -1.93. The Morgan fingerprint density at radius 1 is 1.17 bits per heavy atom. The van der Waals surface area contributed by atoms with Crippen molar-refractivity contribution in [1.29, 1.82) is 0 Å². The minimum atomic E-state index is -3.77. The van der Waals surface area contributed by atoms with Gasteiger partial charge in [-0.25, -0.2) is 8.42 Å². The molecule has 7 nitrogen and oxygen atoms in total. The molecule has 0 aliphatic rings. The van der Waals surface area contributed by atoms with Crippen LogP contribution in [0, 0.1) is 0 Å². The van der Waals surface area contributed by atoms with Crippen LogP contribution in [0.2, 0.25) is 0 Å². The summed E-state index contributed by atoms with van der Waals surface area (Å²) in [7, 11) is -2.45. The number of sulfonamides is 1. The van der Waals surface area contributed by atoms with Crippen LogP contribution in [0.5, 0.6) is 0 Å². The number of likely N-dealkylation sites (N-methyl/N-ethyl adjacent to an activating group) is 1. The second kappa shape index (κ2) is 8.25. The van der Waals surface area contributed by atoms with E-state index in [0.29, 0.717) is 12.8 Å². The Morgan fingerprint density at radius 2 is 1.71 bits per heavy atom. The van der Waals surface area contributed by atoms with Gasteiger partial charge in [0.15, 0.2) is 0 Å². The first-order chi connectivity index (χ1) is 11.2. The zero-order valence-electron chi connectivity index (χ0n) is 14.2. The maximum absolute atomic E-state index is 12.4. The fourth-order valence-electron chi connectivity index (χ4n) is 2.41. The molecule has 1 aromatic rings. The third kappa shape index (κ3) is 5.04. The Labute approximate surface area is 142 Å². The highest BCUT2D eigenvalue weighted by atomic mass is 32.2. The average molecular weight is 356 g/mol. The number of hydrogen-bond donors (Lipinski definition) is 2.